The number of ether oxygens (including phenoxy) is 2. The van der Waals surface area contributed by atoms with Gasteiger partial charge >= 0.3 is 0 Å². The Morgan fingerprint density at radius 2 is 0.970 bits per heavy atom. The summed E-state index contributed by atoms with van der Waals surface area (Å²) < 4.78 is 12.8. The Morgan fingerprint density at radius 3 is 1.45 bits per heavy atom. The first-order chi connectivity index (χ1) is 16.3. The largest absolute Gasteiger partial charge is 0.458 e. The highest BCUT2D eigenvalue weighted by Crippen LogP contribution is 2.36. The number of rotatable bonds is 2. The number of hydrogen-bond donors (Lipinski definition) is 0. The standard InChI is InChI=1S/C28H17BN2O2/c1-2-24-28-25(3-1)33-27-17-21(19-10-14-31-15-11-19)5-7-23(27)29(28)22-6-4-20(16-26(22)32-24)18-8-12-30-13-9-18/h1-17H. The van der Waals surface area contributed by atoms with Crippen molar-refractivity contribution in [2.45, 2.75) is 0 Å². The molecule has 5 heteroatoms. The summed E-state index contributed by atoms with van der Waals surface area (Å²) in [4.78, 5) is 8.27. The van der Waals surface area contributed by atoms with E-state index in [0.29, 0.717) is 0 Å². The van der Waals surface area contributed by atoms with Crippen LogP contribution in [0.1, 0.15) is 0 Å². The van der Waals surface area contributed by atoms with Gasteiger partial charge in [-0.25, -0.2) is 0 Å². The van der Waals surface area contributed by atoms with Gasteiger partial charge in [-0.05, 0) is 81.7 Å². The SMILES string of the molecule is c1cc2c3c(c1)Oc1cc(-c4ccncc4)ccc1B3c1ccc(-c3ccncc3)cc1O2. The summed E-state index contributed by atoms with van der Waals surface area (Å²) >= 11 is 0. The zero-order valence-electron chi connectivity index (χ0n) is 17.6. The monoisotopic (exact) mass is 424 g/mol. The number of pyridine rings is 2. The van der Waals surface area contributed by atoms with Gasteiger partial charge in [0.2, 0.25) is 0 Å². The van der Waals surface area contributed by atoms with Crippen LogP contribution in [0.25, 0.3) is 22.3 Å². The molecule has 2 aliphatic heterocycles. The quantitative estimate of drug-likeness (QED) is 0.383. The number of fused-ring (bicyclic) bond motifs is 4. The highest BCUT2D eigenvalue weighted by atomic mass is 16.5. The van der Waals surface area contributed by atoms with Crippen molar-refractivity contribution in [2.24, 2.45) is 0 Å². The zero-order valence-corrected chi connectivity index (χ0v) is 17.6. The molecule has 0 unspecified atom stereocenters. The fourth-order valence-corrected chi connectivity index (χ4v) is 4.87. The summed E-state index contributed by atoms with van der Waals surface area (Å²) in [5, 5.41) is 0. The van der Waals surface area contributed by atoms with Gasteiger partial charge in [-0.2, -0.15) is 0 Å². The number of aromatic nitrogens is 2. The van der Waals surface area contributed by atoms with E-state index < -0.39 is 0 Å². The van der Waals surface area contributed by atoms with Crippen LogP contribution in [-0.4, -0.2) is 16.7 Å². The van der Waals surface area contributed by atoms with Crippen molar-refractivity contribution in [3.8, 4) is 45.3 Å². The minimum absolute atomic E-state index is 0.0571. The van der Waals surface area contributed by atoms with Crippen molar-refractivity contribution in [1.29, 1.82) is 0 Å². The summed E-state index contributed by atoms with van der Waals surface area (Å²) in [7, 11) is 0. The van der Waals surface area contributed by atoms with Crippen molar-refractivity contribution in [1.82, 2.24) is 9.97 Å². The lowest BCUT2D eigenvalue weighted by Gasteiger charge is -2.33. The second-order valence-corrected chi connectivity index (χ2v) is 8.28. The molecular formula is C28H17BN2O2. The van der Waals surface area contributed by atoms with Crippen molar-refractivity contribution in [3.05, 3.63) is 104 Å². The number of hydrogen-bond acceptors (Lipinski definition) is 4. The van der Waals surface area contributed by atoms with E-state index in [4.69, 9.17) is 9.47 Å². The van der Waals surface area contributed by atoms with Gasteiger partial charge in [0.15, 0.2) is 0 Å². The predicted molar refractivity (Wildman–Crippen MR) is 131 cm³/mol. The van der Waals surface area contributed by atoms with E-state index >= 15 is 0 Å². The molecule has 0 radical (unpaired) electrons. The smallest absolute Gasteiger partial charge is 0.260 e. The van der Waals surface area contributed by atoms with Gasteiger partial charge in [0.25, 0.3) is 6.71 Å². The highest BCUT2D eigenvalue weighted by molar-refractivity contribution is 6.98. The third-order valence-electron chi connectivity index (χ3n) is 6.43. The topological polar surface area (TPSA) is 44.2 Å². The van der Waals surface area contributed by atoms with Gasteiger partial charge in [-0.15, -0.1) is 0 Å². The molecule has 0 fully saturated rings. The Balaban J connectivity index is 1.40. The molecule has 7 rings (SSSR count). The fourth-order valence-electron chi connectivity index (χ4n) is 4.87. The van der Waals surface area contributed by atoms with E-state index in [1.165, 1.54) is 0 Å². The van der Waals surface area contributed by atoms with E-state index in [-0.39, 0.29) is 6.71 Å². The third-order valence-corrected chi connectivity index (χ3v) is 6.43. The Hall–Kier alpha value is -4.38. The van der Waals surface area contributed by atoms with E-state index in [9.17, 15) is 0 Å². The first-order valence-corrected chi connectivity index (χ1v) is 10.9. The maximum absolute atomic E-state index is 6.39. The highest BCUT2D eigenvalue weighted by Gasteiger charge is 2.40. The average molecular weight is 424 g/mol. The van der Waals surface area contributed by atoms with Crippen LogP contribution in [0.15, 0.2) is 104 Å². The van der Waals surface area contributed by atoms with Gasteiger partial charge < -0.3 is 9.47 Å². The number of benzene rings is 3. The van der Waals surface area contributed by atoms with Crippen molar-refractivity contribution < 1.29 is 9.47 Å². The van der Waals surface area contributed by atoms with E-state index in [0.717, 1.165) is 61.6 Å². The molecule has 0 amide bonds. The first-order valence-electron chi connectivity index (χ1n) is 10.9. The van der Waals surface area contributed by atoms with Gasteiger partial charge in [0.1, 0.15) is 23.0 Å². The molecule has 154 valence electrons. The molecule has 0 spiro atoms. The van der Waals surface area contributed by atoms with Crippen LogP contribution in [0, 0.1) is 0 Å². The van der Waals surface area contributed by atoms with Crippen molar-refractivity contribution in [3.63, 3.8) is 0 Å². The minimum Gasteiger partial charge on any atom is -0.458 e. The molecule has 0 atom stereocenters. The lowest BCUT2D eigenvalue weighted by Crippen LogP contribution is -2.57. The Morgan fingerprint density at radius 1 is 0.485 bits per heavy atom. The van der Waals surface area contributed by atoms with E-state index in [1.807, 2.05) is 67.3 Å². The Bertz CT molecular complexity index is 1410. The van der Waals surface area contributed by atoms with Crippen LogP contribution >= 0.6 is 0 Å². The molecule has 4 nitrogen and oxygen atoms in total. The van der Waals surface area contributed by atoms with Crippen LogP contribution in [-0.2, 0) is 0 Å². The van der Waals surface area contributed by atoms with Gasteiger partial charge in [0, 0.05) is 30.3 Å². The average Bonchev–Trinajstić information content (AvgIpc) is 2.89. The lowest BCUT2D eigenvalue weighted by atomic mass is 9.35. The first kappa shape index (κ1) is 18.2. The summed E-state index contributed by atoms with van der Waals surface area (Å²) in [5.74, 6) is 3.46. The third kappa shape index (κ3) is 2.86. The minimum atomic E-state index is 0.0571. The molecule has 2 aromatic heterocycles. The molecule has 33 heavy (non-hydrogen) atoms. The van der Waals surface area contributed by atoms with Crippen LogP contribution in [0.4, 0.5) is 0 Å². The van der Waals surface area contributed by atoms with Crippen LogP contribution < -0.4 is 25.9 Å². The second kappa shape index (κ2) is 7.07. The molecule has 0 N–H and O–H groups in total. The number of nitrogens with zero attached hydrogens (tertiary/aromatic N) is 2. The second-order valence-electron chi connectivity index (χ2n) is 8.28. The molecule has 2 aliphatic rings. The molecule has 3 aromatic carbocycles. The Kier molecular flexibility index (Phi) is 3.90. The normalized spacial score (nSPS) is 12.7. The van der Waals surface area contributed by atoms with Gasteiger partial charge in [-0.3, -0.25) is 9.97 Å². The maximum atomic E-state index is 6.39. The summed E-state index contributed by atoms with van der Waals surface area (Å²) in [6, 6.07) is 27.0. The van der Waals surface area contributed by atoms with Crippen LogP contribution in [0.2, 0.25) is 0 Å². The predicted octanol–water partition coefficient (Wildman–Crippen LogP) is 4.54. The zero-order chi connectivity index (χ0) is 21.8. The van der Waals surface area contributed by atoms with E-state index in [2.05, 4.69) is 46.4 Å². The summed E-state index contributed by atoms with van der Waals surface area (Å²) in [6.45, 7) is 0.0571. The molecular weight excluding hydrogens is 407 g/mol. The fraction of sp³-hybridized carbons (Fsp3) is 0. The maximum Gasteiger partial charge on any atom is 0.260 e. The van der Waals surface area contributed by atoms with Crippen LogP contribution in [0.3, 0.4) is 0 Å². The summed E-state index contributed by atoms with van der Waals surface area (Å²) in [5.41, 5.74) is 7.83. The molecule has 0 bridgehead atoms. The van der Waals surface area contributed by atoms with E-state index in [1.54, 1.807) is 0 Å². The molecule has 0 saturated heterocycles. The van der Waals surface area contributed by atoms with Gasteiger partial charge in [-0.1, -0.05) is 30.3 Å². The molecule has 5 aromatic rings. The van der Waals surface area contributed by atoms with Gasteiger partial charge in [0.05, 0.1) is 0 Å². The summed E-state index contributed by atoms with van der Waals surface area (Å²) in [6.07, 6.45) is 7.25. The Labute approximate surface area is 191 Å². The molecule has 0 aliphatic carbocycles. The van der Waals surface area contributed by atoms with Crippen molar-refractivity contribution >= 4 is 23.1 Å². The lowest BCUT2D eigenvalue weighted by molar-refractivity contribution is 0.464. The molecule has 0 saturated carbocycles. The van der Waals surface area contributed by atoms with Crippen molar-refractivity contribution in [2.75, 3.05) is 0 Å². The van der Waals surface area contributed by atoms with Crippen LogP contribution in [0.5, 0.6) is 23.0 Å². The molecule has 4 heterocycles.